The molecule has 0 atom stereocenters. The van der Waals surface area contributed by atoms with Gasteiger partial charge in [-0.1, -0.05) is 0 Å². The summed E-state index contributed by atoms with van der Waals surface area (Å²) in [6.07, 6.45) is 3.70. The predicted molar refractivity (Wildman–Crippen MR) is 82.6 cm³/mol. The van der Waals surface area contributed by atoms with Crippen LogP contribution >= 0.6 is 0 Å². The van der Waals surface area contributed by atoms with E-state index in [9.17, 15) is 5.11 Å². The summed E-state index contributed by atoms with van der Waals surface area (Å²) in [6, 6.07) is 0. The Balaban J connectivity index is 2.64. The zero-order chi connectivity index (χ0) is 15.6. The summed E-state index contributed by atoms with van der Waals surface area (Å²) in [6.45, 7) is 12.0. The van der Waals surface area contributed by atoms with Gasteiger partial charge < -0.3 is 20.1 Å². The molecule has 3 N–H and O–H groups in total. The van der Waals surface area contributed by atoms with Crippen LogP contribution in [-0.2, 0) is 9.31 Å². The first kappa shape index (κ1) is 17.2. The van der Waals surface area contributed by atoms with E-state index in [2.05, 4.69) is 4.99 Å². The Hall–Kier alpha value is -0.845. The molecule has 6 heteroatoms. The molecule has 20 heavy (non-hydrogen) atoms. The van der Waals surface area contributed by atoms with Gasteiger partial charge in [-0.3, -0.25) is 4.99 Å². The van der Waals surface area contributed by atoms with Gasteiger partial charge in [-0.25, -0.2) is 0 Å². The molecule has 1 heterocycles. The molecular weight excluding hydrogens is 255 g/mol. The minimum absolute atomic E-state index is 0.396. The Kier molecular flexibility index (Phi) is 5.06. The number of nitrogens with zero attached hydrogens (tertiary/aromatic N) is 1. The Morgan fingerprint density at radius 3 is 2.15 bits per heavy atom. The number of hydrogen-bond donors (Lipinski definition) is 2. The number of allylic oxidation sites excluding steroid dienone is 1. The average Bonchev–Trinajstić information content (AvgIpc) is 2.46. The number of hydrogen-bond acceptors (Lipinski definition) is 5. The zero-order valence-electron chi connectivity index (χ0n) is 13.4. The van der Waals surface area contributed by atoms with Crippen molar-refractivity contribution in [2.75, 3.05) is 6.54 Å². The van der Waals surface area contributed by atoms with Crippen LogP contribution in [0.2, 0.25) is 0 Å². The van der Waals surface area contributed by atoms with Gasteiger partial charge in [0.25, 0.3) is 0 Å². The van der Waals surface area contributed by atoms with Gasteiger partial charge in [0.1, 0.15) is 0 Å². The molecule has 0 aromatic carbocycles. The molecule has 114 valence electrons. The number of rotatable bonds is 5. The summed E-state index contributed by atoms with van der Waals surface area (Å²) in [5.41, 5.74) is 4.82. The maximum Gasteiger partial charge on any atom is 0.497 e. The molecule has 1 rings (SSSR count). The summed E-state index contributed by atoms with van der Waals surface area (Å²) in [4.78, 5) is 4.27. The lowest BCUT2D eigenvalue weighted by molar-refractivity contribution is 0.00578. The van der Waals surface area contributed by atoms with E-state index in [-0.39, 0.29) is 0 Å². The van der Waals surface area contributed by atoms with Crippen LogP contribution in [0, 0.1) is 0 Å². The van der Waals surface area contributed by atoms with Gasteiger partial charge in [-0.05, 0) is 54.2 Å². The van der Waals surface area contributed by atoms with Gasteiger partial charge >= 0.3 is 7.12 Å². The quantitative estimate of drug-likeness (QED) is 0.594. The lowest BCUT2D eigenvalue weighted by Crippen LogP contribution is -2.41. The number of aliphatic hydroxyl groups is 1. The Morgan fingerprint density at radius 2 is 1.75 bits per heavy atom. The summed E-state index contributed by atoms with van der Waals surface area (Å²) in [5.74, 6) is 0. The van der Waals surface area contributed by atoms with Crippen LogP contribution in [0.25, 0.3) is 0 Å². The number of nitrogens with two attached hydrogens (primary N) is 1. The maximum atomic E-state index is 9.63. The second kappa shape index (κ2) is 5.88. The summed E-state index contributed by atoms with van der Waals surface area (Å²) in [7, 11) is -0.504. The predicted octanol–water partition coefficient (Wildman–Crippen LogP) is 1.69. The molecule has 1 aliphatic heterocycles. The zero-order valence-corrected chi connectivity index (χ0v) is 13.4. The lowest BCUT2D eigenvalue weighted by Gasteiger charge is -2.32. The largest absolute Gasteiger partial charge is 0.497 e. The fourth-order valence-electron chi connectivity index (χ4n) is 1.67. The van der Waals surface area contributed by atoms with Crippen molar-refractivity contribution >= 4 is 13.3 Å². The van der Waals surface area contributed by atoms with Crippen molar-refractivity contribution in [1.29, 1.82) is 0 Å². The van der Waals surface area contributed by atoms with Crippen molar-refractivity contribution in [3.63, 3.8) is 0 Å². The number of aliphatic imine (C=N–C) groups is 1. The molecule has 0 saturated carbocycles. The van der Waals surface area contributed by atoms with E-state index in [0.29, 0.717) is 18.4 Å². The van der Waals surface area contributed by atoms with Crippen LogP contribution in [0.3, 0.4) is 0 Å². The van der Waals surface area contributed by atoms with E-state index in [1.807, 2.05) is 27.7 Å². The second-order valence-corrected chi connectivity index (χ2v) is 6.85. The SMILES string of the molecule is CC(C)(O)CCN=CC(=CN)B1OC(C)(C)C(C)(C)O1. The maximum absolute atomic E-state index is 9.63. The first-order valence-corrected chi connectivity index (χ1v) is 6.98. The van der Waals surface area contributed by atoms with Crippen LogP contribution in [0.15, 0.2) is 16.7 Å². The molecule has 0 spiro atoms. The first-order valence-electron chi connectivity index (χ1n) is 6.98. The van der Waals surface area contributed by atoms with E-state index in [0.717, 1.165) is 0 Å². The molecule has 0 radical (unpaired) electrons. The lowest BCUT2D eigenvalue weighted by atomic mass is 9.79. The van der Waals surface area contributed by atoms with Gasteiger partial charge in [0.05, 0.1) is 16.8 Å². The highest BCUT2D eigenvalue weighted by Gasteiger charge is 2.52. The molecule has 1 fully saturated rings. The van der Waals surface area contributed by atoms with Crippen LogP contribution in [0.5, 0.6) is 0 Å². The molecule has 0 amide bonds. The van der Waals surface area contributed by atoms with Crippen molar-refractivity contribution in [3.8, 4) is 0 Å². The highest BCUT2D eigenvalue weighted by Crippen LogP contribution is 2.38. The highest BCUT2D eigenvalue weighted by molar-refractivity contribution is 6.60. The smallest absolute Gasteiger partial charge is 0.405 e. The van der Waals surface area contributed by atoms with Gasteiger partial charge in [0.2, 0.25) is 0 Å². The van der Waals surface area contributed by atoms with E-state index in [1.165, 1.54) is 6.20 Å². The minimum Gasteiger partial charge on any atom is -0.405 e. The molecule has 0 aliphatic carbocycles. The van der Waals surface area contributed by atoms with Crippen molar-refractivity contribution in [3.05, 3.63) is 11.7 Å². The van der Waals surface area contributed by atoms with Crippen molar-refractivity contribution < 1.29 is 14.4 Å². The third kappa shape index (κ3) is 4.33. The van der Waals surface area contributed by atoms with Gasteiger partial charge in [-0.2, -0.15) is 0 Å². The average molecular weight is 282 g/mol. The molecule has 0 bridgehead atoms. The monoisotopic (exact) mass is 282 g/mol. The van der Waals surface area contributed by atoms with E-state index >= 15 is 0 Å². The normalized spacial score (nSPS) is 22.8. The molecule has 0 aromatic rings. The van der Waals surface area contributed by atoms with Gasteiger partial charge in [-0.15, -0.1) is 0 Å². The standard InChI is InChI=1S/C14H27BN2O3/c1-12(2,18)7-8-17-10-11(9-16)15-19-13(3,4)14(5,6)20-15/h9-10,18H,7-8,16H2,1-6H3. The summed E-state index contributed by atoms with van der Waals surface area (Å²) < 4.78 is 11.8. The van der Waals surface area contributed by atoms with Crippen LogP contribution in [-0.4, -0.2) is 41.8 Å². The van der Waals surface area contributed by atoms with Crippen molar-refractivity contribution in [1.82, 2.24) is 0 Å². The van der Waals surface area contributed by atoms with Crippen LogP contribution < -0.4 is 5.73 Å². The topological polar surface area (TPSA) is 77.1 Å². The molecule has 0 unspecified atom stereocenters. The fraction of sp³-hybridized carbons (Fsp3) is 0.786. The molecular formula is C14H27BN2O3. The van der Waals surface area contributed by atoms with E-state index in [4.69, 9.17) is 15.0 Å². The third-order valence-electron chi connectivity index (χ3n) is 3.81. The van der Waals surface area contributed by atoms with E-state index < -0.39 is 23.9 Å². The Morgan fingerprint density at radius 1 is 1.25 bits per heavy atom. The van der Waals surface area contributed by atoms with Crippen molar-refractivity contribution in [2.45, 2.75) is 64.8 Å². The summed E-state index contributed by atoms with van der Waals surface area (Å²) >= 11 is 0. The molecule has 0 aromatic heterocycles. The first-order chi connectivity index (χ1) is 8.98. The van der Waals surface area contributed by atoms with E-state index in [1.54, 1.807) is 20.1 Å². The Bertz CT molecular complexity index is 382. The summed E-state index contributed by atoms with van der Waals surface area (Å²) in [5, 5.41) is 9.63. The molecule has 1 aliphatic rings. The Labute approximate surface area is 122 Å². The molecule has 5 nitrogen and oxygen atoms in total. The minimum atomic E-state index is -0.714. The van der Waals surface area contributed by atoms with Crippen LogP contribution in [0.1, 0.15) is 48.0 Å². The van der Waals surface area contributed by atoms with Gasteiger partial charge in [0.15, 0.2) is 0 Å². The van der Waals surface area contributed by atoms with Crippen LogP contribution in [0.4, 0.5) is 0 Å². The van der Waals surface area contributed by atoms with Crippen molar-refractivity contribution in [2.24, 2.45) is 10.7 Å². The van der Waals surface area contributed by atoms with Gasteiger partial charge in [0, 0.05) is 18.2 Å². The fourth-order valence-corrected chi connectivity index (χ4v) is 1.67. The highest BCUT2D eigenvalue weighted by atomic mass is 16.7. The third-order valence-corrected chi connectivity index (χ3v) is 3.81. The second-order valence-electron chi connectivity index (χ2n) is 6.85. The molecule has 1 saturated heterocycles.